The first-order valence-corrected chi connectivity index (χ1v) is 6.74. The Hall–Kier alpha value is -2.70. The number of nitrogens with zero attached hydrogens (tertiary/aromatic N) is 5. The van der Waals surface area contributed by atoms with Gasteiger partial charge in [-0.2, -0.15) is 0 Å². The molecule has 3 rings (SSSR count). The molecule has 0 atom stereocenters. The zero-order valence-electron chi connectivity index (χ0n) is 11.7. The zero-order chi connectivity index (χ0) is 14.8. The van der Waals surface area contributed by atoms with Crippen molar-refractivity contribution < 1.29 is 0 Å². The predicted molar refractivity (Wildman–Crippen MR) is 79.8 cm³/mol. The molecule has 0 unspecified atom stereocenters. The molecular weight excluding hydrogens is 268 g/mol. The van der Waals surface area contributed by atoms with Crippen molar-refractivity contribution in [2.45, 2.75) is 26.4 Å². The van der Waals surface area contributed by atoms with Crippen LogP contribution in [0.3, 0.4) is 0 Å². The summed E-state index contributed by atoms with van der Waals surface area (Å²) in [5.74, 6) is 0.383. The summed E-state index contributed by atoms with van der Waals surface area (Å²) >= 11 is 0. The van der Waals surface area contributed by atoms with Crippen molar-refractivity contribution in [1.82, 2.24) is 24.1 Å². The number of pyridine rings is 1. The molecule has 3 heterocycles. The summed E-state index contributed by atoms with van der Waals surface area (Å²) in [4.78, 5) is 24.1. The van der Waals surface area contributed by atoms with Gasteiger partial charge in [-0.25, -0.2) is 15.0 Å². The van der Waals surface area contributed by atoms with E-state index in [2.05, 4.69) is 15.0 Å². The van der Waals surface area contributed by atoms with Crippen LogP contribution in [-0.4, -0.2) is 24.1 Å². The van der Waals surface area contributed by atoms with Gasteiger partial charge in [0.15, 0.2) is 11.5 Å². The van der Waals surface area contributed by atoms with Gasteiger partial charge in [-0.15, -0.1) is 0 Å². The standard InChI is InChI=1S/C14H16N6O/c1-10-4-2-5-11(21)20(10)7-3-6-19-9-18-12-13(15)16-8-17-14(12)19/h2,4-5,8-9H,3,6-7H2,1H3,(H2,15,16,17). The van der Waals surface area contributed by atoms with Crippen LogP contribution in [0.1, 0.15) is 12.1 Å². The fraction of sp³-hybridized carbons (Fsp3) is 0.286. The molecule has 7 heteroatoms. The number of fused-ring (bicyclic) bond motifs is 1. The molecule has 0 aromatic carbocycles. The maximum atomic E-state index is 11.8. The number of nitrogen functional groups attached to an aromatic ring is 1. The lowest BCUT2D eigenvalue weighted by atomic mass is 10.3. The number of aryl methyl sites for hydroxylation is 2. The van der Waals surface area contributed by atoms with E-state index in [-0.39, 0.29) is 5.56 Å². The monoisotopic (exact) mass is 284 g/mol. The molecule has 108 valence electrons. The fourth-order valence-electron chi connectivity index (χ4n) is 2.37. The Balaban J connectivity index is 1.76. The van der Waals surface area contributed by atoms with Gasteiger partial charge in [-0.3, -0.25) is 4.79 Å². The van der Waals surface area contributed by atoms with Crippen LogP contribution in [-0.2, 0) is 13.1 Å². The van der Waals surface area contributed by atoms with Crippen LogP contribution in [0.15, 0.2) is 35.6 Å². The van der Waals surface area contributed by atoms with Crippen LogP contribution in [0.2, 0.25) is 0 Å². The highest BCUT2D eigenvalue weighted by Crippen LogP contribution is 2.14. The molecule has 0 aliphatic heterocycles. The van der Waals surface area contributed by atoms with Gasteiger partial charge in [0.2, 0.25) is 0 Å². The molecular formula is C14H16N6O. The molecule has 3 aromatic heterocycles. The molecule has 2 N–H and O–H groups in total. The molecule has 0 aliphatic carbocycles. The summed E-state index contributed by atoms with van der Waals surface area (Å²) in [5.41, 5.74) is 8.08. The summed E-state index contributed by atoms with van der Waals surface area (Å²) in [6.45, 7) is 3.31. The van der Waals surface area contributed by atoms with Crippen molar-refractivity contribution in [3.8, 4) is 0 Å². The first kappa shape index (κ1) is 13.3. The van der Waals surface area contributed by atoms with Gasteiger partial charge in [0.1, 0.15) is 11.8 Å². The van der Waals surface area contributed by atoms with Gasteiger partial charge in [0.25, 0.3) is 5.56 Å². The lowest BCUT2D eigenvalue weighted by molar-refractivity contribution is 0.549. The van der Waals surface area contributed by atoms with Gasteiger partial charge in [0.05, 0.1) is 6.33 Å². The molecule has 0 spiro atoms. The topological polar surface area (TPSA) is 91.6 Å². The quantitative estimate of drug-likeness (QED) is 0.770. The Labute approximate surface area is 121 Å². The van der Waals surface area contributed by atoms with Gasteiger partial charge < -0.3 is 14.9 Å². The van der Waals surface area contributed by atoms with Gasteiger partial charge in [-0.05, 0) is 19.4 Å². The van der Waals surface area contributed by atoms with Crippen molar-refractivity contribution in [1.29, 1.82) is 0 Å². The van der Waals surface area contributed by atoms with Gasteiger partial charge in [0, 0.05) is 24.8 Å². The van der Waals surface area contributed by atoms with E-state index in [1.807, 2.05) is 17.6 Å². The summed E-state index contributed by atoms with van der Waals surface area (Å²) in [6, 6.07) is 5.28. The third-order valence-electron chi connectivity index (χ3n) is 3.48. The molecule has 0 bridgehead atoms. The van der Waals surface area contributed by atoms with E-state index in [0.29, 0.717) is 24.4 Å². The van der Waals surface area contributed by atoms with Crippen LogP contribution in [0.4, 0.5) is 5.82 Å². The van der Waals surface area contributed by atoms with E-state index in [1.54, 1.807) is 23.0 Å². The Bertz CT molecular complexity index is 835. The average molecular weight is 284 g/mol. The lowest BCUT2D eigenvalue weighted by Crippen LogP contribution is -2.21. The Morgan fingerprint density at radius 2 is 2.05 bits per heavy atom. The fourth-order valence-corrected chi connectivity index (χ4v) is 2.37. The third kappa shape index (κ3) is 2.49. The van der Waals surface area contributed by atoms with Crippen molar-refractivity contribution in [3.05, 3.63) is 46.9 Å². The second kappa shape index (κ2) is 5.35. The summed E-state index contributed by atoms with van der Waals surface area (Å²) in [7, 11) is 0. The van der Waals surface area contributed by atoms with Gasteiger partial charge >= 0.3 is 0 Å². The van der Waals surface area contributed by atoms with E-state index in [9.17, 15) is 4.79 Å². The second-order valence-corrected chi connectivity index (χ2v) is 4.88. The van der Waals surface area contributed by atoms with Gasteiger partial charge in [-0.1, -0.05) is 6.07 Å². The molecule has 0 amide bonds. The summed E-state index contributed by atoms with van der Waals surface area (Å²) < 4.78 is 3.69. The van der Waals surface area contributed by atoms with E-state index >= 15 is 0 Å². The molecule has 21 heavy (non-hydrogen) atoms. The predicted octanol–water partition coefficient (Wildman–Crippen LogP) is 0.969. The summed E-state index contributed by atoms with van der Waals surface area (Å²) in [5, 5.41) is 0. The number of imidazole rings is 1. The largest absolute Gasteiger partial charge is 0.382 e. The van der Waals surface area contributed by atoms with Crippen molar-refractivity contribution in [3.63, 3.8) is 0 Å². The van der Waals surface area contributed by atoms with E-state index in [4.69, 9.17) is 5.73 Å². The summed E-state index contributed by atoms with van der Waals surface area (Å²) in [6.07, 6.45) is 3.94. The highest BCUT2D eigenvalue weighted by molar-refractivity contribution is 5.80. The van der Waals surface area contributed by atoms with Crippen LogP contribution in [0, 0.1) is 6.92 Å². The smallest absolute Gasteiger partial charge is 0.250 e. The number of anilines is 1. The normalized spacial score (nSPS) is 11.1. The number of nitrogens with two attached hydrogens (primary N) is 1. The molecule has 0 saturated carbocycles. The Kier molecular flexibility index (Phi) is 3.39. The van der Waals surface area contributed by atoms with Crippen LogP contribution in [0.5, 0.6) is 0 Å². The molecule has 0 radical (unpaired) electrons. The number of rotatable bonds is 4. The number of hydrogen-bond acceptors (Lipinski definition) is 5. The minimum Gasteiger partial charge on any atom is -0.382 e. The molecule has 3 aromatic rings. The maximum Gasteiger partial charge on any atom is 0.250 e. The maximum absolute atomic E-state index is 11.8. The molecule has 0 saturated heterocycles. The van der Waals surface area contributed by atoms with Crippen LogP contribution in [0.25, 0.3) is 11.2 Å². The molecule has 0 aliphatic rings. The number of aromatic nitrogens is 5. The van der Waals surface area contributed by atoms with Crippen molar-refractivity contribution in [2.75, 3.05) is 5.73 Å². The average Bonchev–Trinajstić information content (AvgIpc) is 2.87. The van der Waals surface area contributed by atoms with E-state index in [0.717, 1.165) is 17.8 Å². The molecule has 7 nitrogen and oxygen atoms in total. The second-order valence-electron chi connectivity index (χ2n) is 4.88. The minimum atomic E-state index is 0.0251. The first-order valence-electron chi connectivity index (χ1n) is 6.74. The van der Waals surface area contributed by atoms with Crippen LogP contribution >= 0.6 is 0 Å². The Morgan fingerprint density at radius 3 is 2.86 bits per heavy atom. The highest BCUT2D eigenvalue weighted by Gasteiger charge is 2.07. The van der Waals surface area contributed by atoms with E-state index in [1.165, 1.54) is 6.33 Å². The highest BCUT2D eigenvalue weighted by atomic mass is 16.1. The third-order valence-corrected chi connectivity index (χ3v) is 3.48. The number of hydrogen-bond donors (Lipinski definition) is 1. The first-order chi connectivity index (χ1) is 10.2. The Morgan fingerprint density at radius 1 is 1.19 bits per heavy atom. The SMILES string of the molecule is Cc1cccc(=O)n1CCCn1cnc2c(N)ncnc21. The lowest BCUT2D eigenvalue weighted by Gasteiger charge is -2.09. The minimum absolute atomic E-state index is 0.0251. The zero-order valence-corrected chi connectivity index (χ0v) is 11.7. The van der Waals surface area contributed by atoms with Crippen molar-refractivity contribution >= 4 is 17.0 Å². The van der Waals surface area contributed by atoms with E-state index < -0.39 is 0 Å². The van der Waals surface area contributed by atoms with Crippen LogP contribution < -0.4 is 11.3 Å². The molecule has 0 fully saturated rings. The van der Waals surface area contributed by atoms with Crippen molar-refractivity contribution in [2.24, 2.45) is 0 Å².